The standard InChI is InChI=1S/C15H26N2O/c1-12(2)10-16-7-8-17(11-13(3)4)15(16)14-6-5-9-18-14/h5-6,9,12-13,15H,7-8,10-11H2,1-4H3. The van der Waals surface area contributed by atoms with Crippen LogP contribution in [0.3, 0.4) is 0 Å². The van der Waals surface area contributed by atoms with Crippen molar-refractivity contribution in [2.75, 3.05) is 26.2 Å². The predicted octanol–water partition coefficient (Wildman–Crippen LogP) is 3.21. The molecule has 0 atom stereocenters. The zero-order chi connectivity index (χ0) is 13.1. The number of hydrogen-bond acceptors (Lipinski definition) is 3. The van der Waals surface area contributed by atoms with Gasteiger partial charge in [0.15, 0.2) is 0 Å². The molecule has 0 amide bonds. The van der Waals surface area contributed by atoms with E-state index in [0.717, 1.165) is 31.9 Å². The van der Waals surface area contributed by atoms with Crippen LogP contribution in [0.2, 0.25) is 0 Å². The van der Waals surface area contributed by atoms with Crippen molar-refractivity contribution in [1.29, 1.82) is 0 Å². The molecule has 1 aliphatic rings. The molecule has 102 valence electrons. The fraction of sp³-hybridized carbons (Fsp3) is 0.733. The second-order valence-corrected chi connectivity index (χ2v) is 6.17. The van der Waals surface area contributed by atoms with Crippen molar-refractivity contribution in [3.8, 4) is 0 Å². The van der Waals surface area contributed by atoms with E-state index in [1.54, 1.807) is 6.26 Å². The first-order valence-electron chi connectivity index (χ1n) is 7.09. The van der Waals surface area contributed by atoms with Gasteiger partial charge in [-0.25, -0.2) is 0 Å². The summed E-state index contributed by atoms with van der Waals surface area (Å²) in [6.07, 6.45) is 2.12. The topological polar surface area (TPSA) is 19.6 Å². The fourth-order valence-corrected chi connectivity index (χ4v) is 2.85. The molecule has 0 radical (unpaired) electrons. The molecule has 1 saturated heterocycles. The van der Waals surface area contributed by atoms with Crippen LogP contribution in [0.1, 0.15) is 39.6 Å². The van der Waals surface area contributed by atoms with Crippen LogP contribution in [0.15, 0.2) is 22.8 Å². The van der Waals surface area contributed by atoms with Gasteiger partial charge in [0.1, 0.15) is 11.9 Å². The van der Waals surface area contributed by atoms with Crippen LogP contribution in [0.5, 0.6) is 0 Å². The van der Waals surface area contributed by atoms with E-state index in [-0.39, 0.29) is 0 Å². The van der Waals surface area contributed by atoms with Gasteiger partial charge >= 0.3 is 0 Å². The number of hydrogen-bond donors (Lipinski definition) is 0. The molecule has 18 heavy (non-hydrogen) atoms. The highest BCUT2D eigenvalue weighted by molar-refractivity contribution is 5.06. The molecule has 3 nitrogen and oxygen atoms in total. The maximum absolute atomic E-state index is 5.66. The van der Waals surface area contributed by atoms with Gasteiger partial charge in [0.2, 0.25) is 0 Å². The SMILES string of the molecule is CC(C)CN1CCN(CC(C)C)C1c1ccco1. The van der Waals surface area contributed by atoms with Crippen LogP contribution in [0, 0.1) is 11.8 Å². The Kier molecular flexibility index (Phi) is 4.46. The van der Waals surface area contributed by atoms with Crippen molar-refractivity contribution in [3.05, 3.63) is 24.2 Å². The van der Waals surface area contributed by atoms with E-state index in [0.29, 0.717) is 18.0 Å². The van der Waals surface area contributed by atoms with E-state index in [2.05, 4.69) is 43.6 Å². The third kappa shape index (κ3) is 3.15. The lowest BCUT2D eigenvalue weighted by atomic mass is 10.1. The van der Waals surface area contributed by atoms with Crippen LogP contribution in [-0.2, 0) is 0 Å². The minimum absolute atomic E-state index is 0.338. The van der Waals surface area contributed by atoms with Crippen molar-refractivity contribution >= 4 is 0 Å². The third-order valence-electron chi connectivity index (χ3n) is 3.36. The summed E-state index contributed by atoms with van der Waals surface area (Å²) < 4.78 is 5.66. The molecule has 0 saturated carbocycles. The van der Waals surface area contributed by atoms with Gasteiger partial charge in [-0.15, -0.1) is 0 Å². The maximum atomic E-state index is 5.66. The van der Waals surface area contributed by atoms with Crippen molar-refractivity contribution in [2.24, 2.45) is 11.8 Å². The van der Waals surface area contributed by atoms with E-state index in [9.17, 15) is 0 Å². The highest BCUT2D eigenvalue weighted by atomic mass is 16.3. The second kappa shape index (κ2) is 5.89. The molecule has 1 aromatic heterocycles. The summed E-state index contributed by atoms with van der Waals surface area (Å²) in [6, 6.07) is 4.10. The molecular formula is C15H26N2O. The first kappa shape index (κ1) is 13.6. The lowest BCUT2D eigenvalue weighted by Crippen LogP contribution is -2.34. The zero-order valence-electron chi connectivity index (χ0n) is 12.1. The van der Waals surface area contributed by atoms with E-state index in [4.69, 9.17) is 4.42 Å². The maximum Gasteiger partial charge on any atom is 0.135 e. The summed E-state index contributed by atoms with van der Waals surface area (Å²) in [6.45, 7) is 13.7. The molecule has 2 heterocycles. The summed E-state index contributed by atoms with van der Waals surface area (Å²) >= 11 is 0. The van der Waals surface area contributed by atoms with Gasteiger partial charge in [-0.05, 0) is 24.0 Å². The fourth-order valence-electron chi connectivity index (χ4n) is 2.85. The number of furan rings is 1. The quantitative estimate of drug-likeness (QED) is 0.800. The van der Waals surface area contributed by atoms with Gasteiger partial charge < -0.3 is 4.42 Å². The monoisotopic (exact) mass is 250 g/mol. The summed E-state index contributed by atoms with van der Waals surface area (Å²) in [5, 5.41) is 0. The molecule has 3 heteroatoms. The second-order valence-electron chi connectivity index (χ2n) is 6.17. The smallest absolute Gasteiger partial charge is 0.135 e. The molecular weight excluding hydrogens is 224 g/mol. The predicted molar refractivity (Wildman–Crippen MR) is 74.3 cm³/mol. The zero-order valence-corrected chi connectivity index (χ0v) is 12.1. The van der Waals surface area contributed by atoms with Gasteiger partial charge in [-0.2, -0.15) is 0 Å². The Balaban J connectivity index is 2.13. The first-order valence-corrected chi connectivity index (χ1v) is 7.09. The molecule has 1 fully saturated rings. The van der Waals surface area contributed by atoms with Crippen LogP contribution in [0.4, 0.5) is 0 Å². The molecule has 0 aromatic carbocycles. The summed E-state index contributed by atoms with van der Waals surface area (Å²) in [5.74, 6) is 2.48. The molecule has 0 spiro atoms. The highest BCUT2D eigenvalue weighted by Crippen LogP contribution is 2.31. The van der Waals surface area contributed by atoms with Gasteiger partial charge in [-0.1, -0.05) is 27.7 Å². The third-order valence-corrected chi connectivity index (χ3v) is 3.36. The Labute approximate surface area is 111 Å². The summed E-state index contributed by atoms with van der Waals surface area (Å²) in [4.78, 5) is 5.10. The van der Waals surface area contributed by atoms with Crippen molar-refractivity contribution in [2.45, 2.75) is 33.9 Å². The lowest BCUT2D eigenvalue weighted by Gasteiger charge is -2.30. The van der Waals surface area contributed by atoms with Gasteiger partial charge in [0.05, 0.1) is 6.26 Å². The average molecular weight is 250 g/mol. The Morgan fingerprint density at radius 1 is 1.11 bits per heavy atom. The van der Waals surface area contributed by atoms with E-state index in [1.807, 2.05) is 6.07 Å². The van der Waals surface area contributed by atoms with E-state index in [1.165, 1.54) is 0 Å². The Morgan fingerprint density at radius 3 is 2.06 bits per heavy atom. The van der Waals surface area contributed by atoms with Gasteiger partial charge in [-0.3, -0.25) is 9.80 Å². The first-order chi connectivity index (χ1) is 8.58. The highest BCUT2D eigenvalue weighted by Gasteiger charge is 2.35. The molecule has 0 unspecified atom stereocenters. The number of nitrogens with zero attached hydrogens (tertiary/aromatic N) is 2. The largest absolute Gasteiger partial charge is 0.466 e. The Hall–Kier alpha value is -0.800. The molecule has 2 rings (SSSR count). The van der Waals surface area contributed by atoms with Crippen LogP contribution < -0.4 is 0 Å². The van der Waals surface area contributed by atoms with Crippen molar-refractivity contribution < 1.29 is 4.42 Å². The lowest BCUT2D eigenvalue weighted by molar-refractivity contribution is 0.0960. The molecule has 1 aromatic rings. The van der Waals surface area contributed by atoms with Gasteiger partial charge in [0.25, 0.3) is 0 Å². The summed E-state index contributed by atoms with van der Waals surface area (Å²) in [5.41, 5.74) is 0. The molecule has 0 aliphatic carbocycles. The van der Waals surface area contributed by atoms with Crippen LogP contribution in [0.25, 0.3) is 0 Å². The average Bonchev–Trinajstić information content (AvgIpc) is 2.86. The van der Waals surface area contributed by atoms with E-state index >= 15 is 0 Å². The van der Waals surface area contributed by atoms with Crippen molar-refractivity contribution in [3.63, 3.8) is 0 Å². The van der Waals surface area contributed by atoms with Crippen LogP contribution in [-0.4, -0.2) is 36.0 Å². The molecule has 0 bridgehead atoms. The van der Waals surface area contributed by atoms with Crippen LogP contribution >= 0.6 is 0 Å². The van der Waals surface area contributed by atoms with E-state index < -0.39 is 0 Å². The van der Waals surface area contributed by atoms with Gasteiger partial charge in [0, 0.05) is 26.2 Å². The Bertz CT molecular complexity index is 327. The normalized spacial score (nSPS) is 19.4. The Morgan fingerprint density at radius 2 is 1.67 bits per heavy atom. The van der Waals surface area contributed by atoms with Crippen molar-refractivity contribution in [1.82, 2.24) is 9.80 Å². The minimum atomic E-state index is 0.338. The molecule has 1 aliphatic heterocycles. The number of rotatable bonds is 5. The molecule has 0 N–H and O–H groups in total. The summed E-state index contributed by atoms with van der Waals surface area (Å²) in [7, 11) is 0. The minimum Gasteiger partial charge on any atom is -0.466 e.